The zero-order valence-corrected chi connectivity index (χ0v) is 14.8. The Morgan fingerprint density at radius 1 is 1.17 bits per heavy atom. The number of hydrogen-bond donors (Lipinski definition) is 1. The van der Waals surface area contributed by atoms with Gasteiger partial charge in [-0.15, -0.1) is 0 Å². The minimum atomic E-state index is -0.937. The number of aromatic nitrogens is 1. The van der Waals surface area contributed by atoms with Crippen LogP contribution in [0.15, 0.2) is 30.5 Å². The smallest absolute Gasteiger partial charge is 0.340 e. The Bertz CT molecular complexity index is 749. The van der Waals surface area contributed by atoms with Crippen LogP contribution >= 0.6 is 11.6 Å². The molecule has 2 rings (SSSR count). The molecule has 1 aromatic carbocycles. The van der Waals surface area contributed by atoms with Gasteiger partial charge in [0.15, 0.2) is 6.10 Å². The predicted molar refractivity (Wildman–Crippen MR) is 93.4 cm³/mol. The summed E-state index contributed by atoms with van der Waals surface area (Å²) < 4.78 is 5.18. The molecule has 0 saturated carbocycles. The number of rotatable bonds is 4. The molecule has 24 heavy (non-hydrogen) atoms. The Kier molecular flexibility index (Phi) is 5.57. The number of carbonyl (C=O) groups excluding carboxylic acids is 2. The van der Waals surface area contributed by atoms with Crippen LogP contribution in [0.2, 0.25) is 5.15 Å². The fourth-order valence-electron chi connectivity index (χ4n) is 2.38. The molecule has 0 fully saturated rings. The number of ether oxygens (including phenoxy) is 1. The van der Waals surface area contributed by atoms with Crippen LogP contribution in [-0.4, -0.2) is 23.0 Å². The van der Waals surface area contributed by atoms with Gasteiger partial charge in [-0.25, -0.2) is 9.78 Å². The summed E-state index contributed by atoms with van der Waals surface area (Å²) >= 11 is 5.68. The summed E-state index contributed by atoms with van der Waals surface area (Å²) in [4.78, 5) is 28.1. The van der Waals surface area contributed by atoms with E-state index in [9.17, 15) is 9.59 Å². The number of pyridine rings is 1. The van der Waals surface area contributed by atoms with Gasteiger partial charge in [0.1, 0.15) is 5.15 Å². The Labute approximate surface area is 146 Å². The van der Waals surface area contributed by atoms with Crippen molar-refractivity contribution in [1.82, 2.24) is 4.98 Å². The first-order valence-electron chi connectivity index (χ1n) is 7.49. The highest BCUT2D eigenvalue weighted by Crippen LogP contribution is 2.22. The van der Waals surface area contributed by atoms with Gasteiger partial charge in [0.05, 0.1) is 5.56 Å². The van der Waals surface area contributed by atoms with Crippen molar-refractivity contribution >= 4 is 29.2 Å². The molecule has 5 nitrogen and oxygen atoms in total. The summed E-state index contributed by atoms with van der Waals surface area (Å²) in [6.45, 7) is 7.36. The van der Waals surface area contributed by atoms with E-state index in [2.05, 4.69) is 10.3 Å². The molecular formula is C18H19ClN2O3. The second-order valence-corrected chi connectivity index (χ2v) is 6.07. The van der Waals surface area contributed by atoms with Gasteiger partial charge in [0.2, 0.25) is 0 Å². The Morgan fingerprint density at radius 3 is 2.33 bits per heavy atom. The number of halogens is 1. The lowest BCUT2D eigenvalue weighted by Gasteiger charge is -2.16. The molecule has 1 amide bonds. The van der Waals surface area contributed by atoms with Crippen LogP contribution < -0.4 is 5.32 Å². The molecule has 1 unspecified atom stereocenters. The number of anilines is 1. The number of nitrogens with zero attached hydrogens (tertiary/aromatic N) is 1. The maximum atomic E-state index is 12.3. The number of nitrogens with one attached hydrogen (secondary N) is 1. The summed E-state index contributed by atoms with van der Waals surface area (Å²) in [5.74, 6) is -1.01. The second-order valence-electron chi connectivity index (χ2n) is 5.68. The minimum Gasteiger partial charge on any atom is -0.449 e. The summed E-state index contributed by atoms with van der Waals surface area (Å²) in [5, 5.41) is 3.10. The molecule has 0 bridgehead atoms. The van der Waals surface area contributed by atoms with Crippen molar-refractivity contribution in [3.8, 4) is 0 Å². The molecule has 0 aliphatic heterocycles. The maximum Gasteiger partial charge on any atom is 0.340 e. The molecular weight excluding hydrogens is 328 g/mol. The maximum absolute atomic E-state index is 12.3. The van der Waals surface area contributed by atoms with Gasteiger partial charge in [0.25, 0.3) is 5.91 Å². The normalized spacial score (nSPS) is 11.7. The topological polar surface area (TPSA) is 68.3 Å². The van der Waals surface area contributed by atoms with E-state index < -0.39 is 12.1 Å². The van der Waals surface area contributed by atoms with Crippen molar-refractivity contribution in [2.45, 2.75) is 33.8 Å². The number of aryl methyl sites for hydroxylation is 3. The minimum absolute atomic E-state index is 0.238. The van der Waals surface area contributed by atoms with E-state index in [0.29, 0.717) is 0 Å². The quantitative estimate of drug-likeness (QED) is 0.674. The van der Waals surface area contributed by atoms with Gasteiger partial charge in [0, 0.05) is 11.9 Å². The van der Waals surface area contributed by atoms with Crippen LogP contribution in [-0.2, 0) is 9.53 Å². The van der Waals surface area contributed by atoms with Crippen molar-refractivity contribution in [2.75, 3.05) is 5.32 Å². The first-order chi connectivity index (χ1) is 11.3. The van der Waals surface area contributed by atoms with Crippen molar-refractivity contribution in [1.29, 1.82) is 0 Å². The van der Waals surface area contributed by atoms with Gasteiger partial charge >= 0.3 is 5.97 Å². The fraction of sp³-hybridized carbons (Fsp3) is 0.278. The van der Waals surface area contributed by atoms with Crippen LogP contribution in [0.4, 0.5) is 5.69 Å². The van der Waals surface area contributed by atoms with Gasteiger partial charge in [-0.05, 0) is 51.0 Å². The van der Waals surface area contributed by atoms with E-state index in [1.165, 1.54) is 25.3 Å². The standard InChI is InChI=1S/C18H19ClN2O3/c1-10-7-11(2)16(12(3)8-10)21-17(22)13(4)24-18(23)14-5-6-15(19)20-9-14/h5-9,13H,1-4H3,(H,21,22). The largest absolute Gasteiger partial charge is 0.449 e. The van der Waals surface area contributed by atoms with Crippen LogP contribution in [0.25, 0.3) is 0 Å². The van der Waals surface area contributed by atoms with Crippen LogP contribution in [0.5, 0.6) is 0 Å². The zero-order chi connectivity index (χ0) is 17.9. The zero-order valence-electron chi connectivity index (χ0n) is 14.0. The molecule has 1 heterocycles. The summed E-state index contributed by atoms with van der Waals surface area (Å²) in [7, 11) is 0. The van der Waals surface area contributed by atoms with Gasteiger partial charge in [-0.3, -0.25) is 4.79 Å². The van der Waals surface area contributed by atoms with E-state index in [1.54, 1.807) is 0 Å². The van der Waals surface area contributed by atoms with E-state index in [4.69, 9.17) is 16.3 Å². The van der Waals surface area contributed by atoms with Crippen molar-refractivity contribution < 1.29 is 14.3 Å². The highest BCUT2D eigenvalue weighted by molar-refractivity contribution is 6.29. The third-order valence-corrected chi connectivity index (χ3v) is 3.76. The number of amides is 1. The Hall–Kier alpha value is -2.40. The van der Waals surface area contributed by atoms with Crippen LogP contribution in [0.3, 0.4) is 0 Å². The first-order valence-corrected chi connectivity index (χ1v) is 7.87. The lowest BCUT2D eigenvalue weighted by atomic mass is 10.0. The average Bonchev–Trinajstić information content (AvgIpc) is 2.51. The van der Waals surface area contributed by atoms with E-state index in [-0.39, 0.29) is 16.6 Å². The van der Waals surface area contributed by atoms with Gasteiger partial charge < -0.3 is 10.1 Å². The molecule has 0 aliphatic rings. The molecule has 1 aromatic heterocycles. The van der Waals surface area contributed by atoms with Crippen LogP contribution in [0, 0.1) is 20.8 Å². The average molecular weight is 347 g/mol. The molecule has 0 spiro atoms. The summed E-state index contributed by atoms with van der Waals surface area (Å²) in [5.41, 5.74) is 4.02. The second kappa shape index (κ2) is 7.45. The monoisotopic (exact) mass is 346 g/mol. The van der Waals surface area contributed by atoms with Crippen molar-refractivity contribution in [3.05, 3.63) is 57.9 Å². The van der Waals surface area contributed by atoms with Crippen molar-refractivity contribution in [3.63, 3.8) is 0 Å². The van der Waals surface area contributed by atoms with E-state index in [0.717, 1.165) is 22.4 Å². The number of esters is 1. The SMILES string of the molecule is Cc1cc(C)c(NC(=O)C(C)OC(=O)c2ccc(Cl)nc2)c(C)c1. The van der Waals surface area contributed by atoms with Gasteiger partial charge in [-0.2, -0.15) is 0 Å². The third-order valence-electron chi connectivity index (χ3n) is 3.54. The molecule has 6 heteroatoms. The Balaban J connectivity index is 2.05. The predicted octanol–water partition coefficient (Wildman–Crippen LogP) is 3.84. The molecule has 0 radical (unpaired) electrons. The van der Waals surface area contributed by atoms with Gasteiger partial charge in [-0.1, -0.05) is 29.3 Å². The highest BCUT2D eigenvalue weighted by atomic mass is 35.5. The lowest BCUT2D eigenvalue weighted by molar-refractivity contribution is -0.123. The highest BCUT2D eigenvalue weighted by Gasteiger charge is 2.20. The molecule has 0 saturated heterocycles. The molecule has 0 aliphatic carbocycles. The fourth-order valence-corrected chi connectivity index (χ4v) is 2.49. The molecule has 2 aromatic rings. The summed E-state index contributed by atoms with van der Waals surface area (Å²) in [6.07, 6.45) is 0.372. The number of hydrogen-bond acceptors (Lipinski definition) is 4. The Morgan fingerprint density at radius 2 is 1.79 bits per heavy atom. The first kappa shape index (κ1) is 17.9. The molecule has 126 valence electrons. The van der Waals surface area contributed by atoms with Crippen molar-refractivity contribution in [2.24, 2.45) is 0 Å². The lowest BCUT2D eigenvalue weighted by Crippen LogP contribution is -2.30. The molecule has 1 atom stereocenters. The number of benzene rings is 1. The molecule has 1 N–H and O–H groups in total. The third kappa shape index (κ3) is 4.32. The van der Waals surface area contributed by atoms with E-state index in [1.807, 2.05) is 32.9 Å². The number of carbonyl (C=O) groups is 2. The van der Waals surface area contributed by atoms with Crippen LogP contribution in [0.1, 0.15) is 34.0 Å². The van der Waals surface area contributed by atoms with E-state index >= 15 is 0 Å². The summed E-state index contributed by atoms with van der Waals surface area (Å²) in [6, 6.07) is 6.95.